The molecular weight excluding hydrogens is 268 g/mol. The summed E-state index contributed by atoms with van der Waals surface area (Å²) in [7, 11) is 1.86. The Morgan fingerprint density at radius 3 is 2.57 bits per heavy atom. The van der Waals surface area contributed by atoms with Crippen molar-refractivity contribution in [3.8, 4) is 17.5 Å². The highest BCUT2D eigenvalue weighted by Gasteiger charge is 2.13. The first-order valence-electron chi connectivity index (χ1n) is 6.21. The normalized spacial score (nSPS) is 10.5. The molecule has 0 bridgehead atoms. The van der Waals surface area contributed by atoms with Gasteiger partial charge in [0.05, 0.1) is 27.6 Å². The lowest BCUT2D eigenvalue weighted by molar-refractivity contribution is -0.384. The van der Waals surface area contributed by atoms with Crippen LogP contribution in [0.2, 0.25) is 0 Å². The van der Waals surface area contributed by atoms with Crippen LogP contribution in [-0.2, 0) is 7.05 Å². The molecule has 6 heteroatoms. The molecular formula is C15H10N4O2. The lowest BCUT2D eigenvalue weighted by Gasteiger charge is -2.02. The highest BCUT2D eigenvalue weighted by molar-refractivity contribution is 5.82. The Morgan fingerprint density at radius 2 is 1.95 bits per heavy atom. The molecule has 0 unspecified atom stereocenters. The molecule has 0 fully saturated rings. The minimum Gasteiger partial charge on any atom is -0.327 e. The fourth-order valence-electron chi connectivity index (χ4n) is 2.25. The SMILES string of the molecule is Cn1c(-c2ccc(C#N)cc2)nc2cc([N+](=O)[O-])ccc21. The highest BCUT2D eigenvalue weighted by Crippen LogP contribution is 2.26. The maximum atomic E-state index is 10.8. The van der Waals surface area contributed by atoms with E-state index in [1.54, 1.807) is 18.2 Å². The van der Waals surface area contributed by atoms with Crippen molar-refractivity contribution >= 4 is 16.7 Å². The van der Waals surface area contributed by atoms with Gasteiger partial charge in [0.25, 0.3) is 5.69 Å². The van der Waals surface area contributed by atoms with Crippen LogP contribution in [-0.4, -0.2) is 14.5 Å². The van der Waals surface area contributed by atoms with E-state index in [2.05, 4.69) is 11.1 Å². The van der Waals surface area contributed by atoms with E-state index >= 15 is 0 Å². The van der Waals surface area contributed by atoms with Crippen LogP contribution in [0.15, 0.2) is 42.5 Å². The molecule has 0 saturated heterocycles. The number of benzene rings is 2. The van der Waals surface area contributed by atoms with Crippen molar-refractivity contribution in [1.82, 2.24) is 9.55 Å². The molecule has 0 aliphatic carbocycles. The Morgan fingerprint density at radius 1 is 1.24 bits per heavy atom. The lowest BCUT2D eigenvalue weighted by Crippen LogP contribution is -1.92. The van der Waals surface area contributed by atoms with E-state index in [4.69, 9.17) is 5.26 Å². The van der Waals surface area contributed by atoms with E-state index in [9.17, 15) is 10.1 Å². The van der Waals surface area contributed by atoms with Crippen LogP contribution < -0.4 is 0 Å². The van der Waals surface area contributed by atoms with Crippen molar-refractivity contribution in [2.24, 2.45) is 7.05 Å². The fourth-order valence-corrected chi connectivity index (χ4v) is 2.25. The average molecular weight is 278 g/mol. The molecule has 1 heterocycles. The first-order chi connectivity index (χ1) is 10.1. The van der Waals surface area contributed by atoms with Crippen molar-refractivity contribution in [2.75, 3.05) is 0 Å². The third-order valence-electron chi connectivity index (χ3n) is 3.35. The zero-order chi connectivity index (χ0) is 15.0. The number of non-ortho nitro benzene ring substituents is 1. The van der Waals surface area contributed by atoms with Gasteiger partial charge in [-0.2, -0.15) is 5.26 Å². The zero-order valence-corrected chi connectivity index (χ0v) is 11.1. The second-order valence-electron chi connectivity index (χ2n) is 4.61. The molecule has 0 radical (unpaired) electrons. The van der Waals surface area contributed by atoms with Crippen LogP contribution >= 0.6 is 0 Å². The van der Waals surface area contributed by atoms with Gasteiger partial charge in [0.2, 0.25) is 0 Å². The van der Waals surface area contributed by atoms with E-state index in [-0.39, 0.29) is 5.69 Å². The monoisotopic (exact) mass is 278 g/mol. The van der Waals surface area contributed by atoms with Gasteiger partial charge in [-0.25, -0.2) is 4.98 Å². The van der Waals surface area contributed by atoms with Crippen LogP contribution in [0, 0.1) is 21.4 Å². The van der Waals surface area contributed by atoms with Crippen molar-refractivity contribution in [3.63, 3.8) is 0 Å². The number of nitrogens with zero attached hydrogens (tertiary/aromatic N) is 4. The first kappa shape index (κ1) is 12.8. The summed E-state index contributed by atoms with van der Waals surface area (Å²) in [5.74, 6) is 0.704. The predicted octanol–water partition coefficient (Wildman–Crippen LogP) is 3.02. The zero-order valence-electron chi connectivity index (χ0n) is 11.1. The standard InChI is InChI=1S/C15H10N4O2/c1-18-14-7-6-12(19(20)21)8-13(14)17-15(18)11-4-2-10(9-16)3-5-11/h2-8H,1H3. The van der Waals surface area contributed by atoms with Gasteiger partial charge in [0.1, 0.15) is 5.82 Å². The smallest absolute Gasteiger partial charge is 0.271 e. The molecule has 0 aliphatic heterocycles. The second kappa shape index (κ2) is 4.72. The van der Waals surface area contributed by atoms with Gasteiger partial charge in [0, 0.05) is 24.7 Å². The Labute approximate surface area is 120 Å². The van der Waals surface area contributed by atoms with Crippen molar-refractivity contribution < 1.29 is 4.92 Å². The molecule has 6 nitrogen and oxygen atoms in total. The van der Waals surface area contributed by atoms with Crippen molar-refractivity contribution in [1.29, 1.82) is 5.26 Å². The molecule has 0 atom stereocenters. The van der Waals surface area contributed by atoms with Crippen LogP contribution in [0.4, 0.5) is 5.69 Å². The maximum absolute atomic E-state index is 10.8. The number of imidazole rings is 1. The summed E-state index contributed by atoms with van der Waals surface area (Å²) in [5.41, 5.74) is 2.85. The molecule has 1 aromatic heterocycles. The molecule has 0 amide bonds. The summed E-state index contributed by atoms with van der Waals surface area (Å²) in [5, 5.41) is 19.6. The topological polar surface area (TPSA) is 84.8 Å². The fraction of sp³-hybridized carbons (Fsp3) is 0.0667. The maximum Gasteiger partial charge on any atom is 0.271 e. The first-order valence-corrected chi connectivity index (χ1v) is 6.21. The molecule has 3 aromatic rings. The molecule has 0 N–H and O–H groups in total. The van der Waals surface area contributed by atoms with Gasteiger partial charge in [-0.15, -0.1) is 0 Å². The quantitative estimate of drug-likeness (QED) is 0.532. The lowest BCUT2D eigenvalue weighted by atomic mass is 10.1. The second-order valence-corrected chi connectivity index (χ2v) is 4.61. The largest absolute Gasteiger partial charge is 0.327 e. The van der Waals surface area contributed by atoms with Gasteiger partial charge in [-0.05, 0) is 30.3 Å². The van der Waals surface area contributed by atoms with Crippen molar-refractivity contribution in [3.05, 3.63) is 58.1 Å². The summed E-state index contributed by atoms with van der Waals surface area (Å²) in [4.78, 5) is 14.8. The number of rotatable bonds is 2. The number of hydrogen-bond acceptors (Lipinski definition) is 4. The van der Waals surface area contributed by atoms with Crippen molar-refractivity contribution in [2.45, 2.75) is 0 Å². The van der Waals surface area contributed by atoms with Crippen LogP contribution in [0.3, 0.4) is 0 Å². The highest BCUT2D eigenvalue weighted by atomic mass is 16.6. The predicted molar refractivity (Wildman–Crippen MR) is 77.5 cm³/mol. The van der Waals surface area contributed by atoms with E-state index in [1.165, 1.54) is 12.1 Å². The molecule has 102 valence electrons. The number of aryl methyl sites for hydroxylation is 1. The third kappa shape index (κ3) is 2.11. The Bertz CT molecular complexity index is 888. The molecule has 0 spiro atoms. The summed E-state index contributed by atoms with van der Waals surface area (Å²) in [6, 6.07) is 13.7. The van der Waals surface area contributed by atoms with E-state index < -0.39 is 4.92 Å². The summed E-state index contributed by atoms with van der Waals surface area (Å²) < 4.78 is 1.88. The Balaban J connectivity index is 2.16. The van der Waals surface area contributed by atoms with Gasteiger partial charge in [-0.3, -0.25) is 10.1 Å². The minimum absolute atomic E-state index is 0.0204. The Kier molecular flexibility index (Phi) is 2.88. The molecule has 0 aliphatic rings. The number of nitro groups is 1. The number of nitro benzene ring substituents is 1. The van der Waals surface area contributed by atoms with Crippen LogP contribution in [0.5, 0.6) is 0 Å². The van der Waals surface area contributed by atoms with E-state index in [0.717, 1.165) is 11.1 Å². The van der Waals surface area contributed by atoms with Crippen LogP contribution in [0.1, 0.15) is 5.56 Å². The number of nitriles is 1. The number of hydrogen-bond donors (Lipinski definition) is 0. The van der Waals surface area contributed by atoms with Gasteiger partial charge >= 0.3 is 0 Å². The summed E-state index contributed by atoms with van der Waals surface area (Å²) in [6.07, 6.45) is 0. The minimum atomic E-state index is -0.435. The molecule has 3 rings (SSSR count). The Hall–Kier alpha value is -3.20. The molecule has 0 saturated carbocycles. The van der Waals surface area contributed by atoms with Crippen LogP contribution in [0.25, 0.3) is 22.4 Å². The van der Waals surface area contributed by atoms with Gasteiger partial charge in [-0.1, -0.05) is 0 Å². The number of aromatic nitrogens is 2. The molecule has 2 aromatic carbocycles. The molecule has 21 heavy (non-hydrogen) atoms. The summed E-state index contributed by atoms with van der Waals surface area (Å²) in [6.45, 7) is 0. The third-order valence-corrected chi connectivity index (χ3v) is 3.35. The average Bonchev–Trinajstić information content (AvgIpc) is 2.84. The number of fused-ring (bicyclic) bond motifs is 1. The summed E-state index contributed by atoms with van der Waals surface area (Å²) >= 11 is 0. The van der Waals surface area contributed by atoms with E-state index in [1.807, 2.05) is 23.7 Å². The van der Waals surface area contributed by atoms with Gasteiger partial charge < -0.3 is 4.57 Å². The van der Waals surface area contributed by atoms with Gasteiger partial charge in [0.15, 0.2) is 0 Å². The van der Waals surface area contributed by atoms with E-state index in [0.29, 0.717) is 16.9 Å².